The maximum Gasteiger partial charge on any atom is 0.420 e. The Balaban J connectivity index is 1.82. The van der Waals surface area contributed by atoms with Gasteiger partial charge in [-0.15, -0.1) is 0 Å². The number of hydrogen-bond acceptors (Lipinski definition) is 6. The van der Waals surface area contributed by atoms with Crippen molar-refractivity contribution in [3.8, 4) is 0 Å². The monoisotopic (exact) mass is 379 g/mol. The van der Waals surface area contributed by atoms with E-state index in [1.807, 2.05) is 20.8 Å². The van der Waals surface area contributed by atoms with E-state index in [0.29, 0.717) is 17.7 Å². The van der Waals surface area contributed by atoms with Crippen LogP contribution < -0.4 is 10.5 Å². The van der Waals surface area contributed by atoms with E-state index in [4.69, 9.17) is 8.94 Å². The van der Waals surface area contributed by atoms with Crippen LogP contribution in [0.2, 0.25) is 0 Å². The van der Waals surface area contributed by atoms with Crippen molar-refractivity contribution in [1.29, 1.82) is 0 Å². The van der Waals surface area contributed by atoms with E-state index in [9.17, 15) is 13.2 Å². The molecule has 1 aromatic carbocycles. The molecule has 0 bridgehead atoms. The van der Waals surface area contributed by atoms with Crippen LogP contribution in [0, 0.1) is 13.8 Å². The van der Waals surface area contributed by atoms with Crippen molar-refractivity contribution < 1.29 is 17.4 Å². The van der Waals surface area contributed by atoms with Gasteiger partial charge in [-0.3, -0.25) is 4.57 Å². The Hall–Kier alpha value is -2.39. The number of aromatic nitrogens is 2. The highest BCUT2D eigenvalue weighted by Crippen LogP contribution is 2.21. The molecule has 2 heterocycles. The lowest BCUT2D eigenvalue weighted by Crippen LogP contribution is -2.26. The Morgan fingerprint density at radius 3 is 2.62 bits per heavy atom. The van der Waals surface area contributed by atoms with E-state index in [-0.39, 0.29) is 23.1 Å². The molecule has 0 amide bonds. The Morgan fingerprint density at radius 1 is 1.27 bits per heavy atom. The predicted molar refractivity (Wildman–Crippen MR) is 95.7 cm³/mol. The van der Waals surface area contributed by atoms with Crippen LogP contribution in [0.3, 0.4) is 0 Å². The minimum atomic E-state index is -3.73. The third-order valence-electron chi connectivity index (χ3n) is 4.26. The highest BCUT2D eigenvalue weighted by atomic mass is 32.2. The first-order valence-electron chi connectivity index (χ1n) is 8.27. The van der Waals surface area contributed by atoms with Gasteiger partial charge in [-0.2, -0.15) is 0 Å². The number of fused-ring (bicyclic) bond motifs is 1. The SMILES string of the molecule is Cc1noc(C)c1CCNS(=O)(=O)c1ccc2c(c1)oc(=O)n2C(C)C. The minimum absolute atomic E-state index is 0.0495. The van der Waals surface area contributed by atoms with Gasteiger partial charge in [-0.05, 0) is 46.2 Å². The number of benzene rings is 1. The minimum Gasteiger partial charge on any atom is -0.408 e. The highest BCUT2D eigenvalue weighted by Gasteiger charge is 2.19. The van der Waals surface area contributed by atoms with Crippen molar-refractivity contribution in [1.82, 2.24) is 14.4 Å². The fourth-order valence-electron chi connectivity index (χ4n) is 2.93. The molecule has 2 aromatic heterocycles. The van der Waals surface area contributed by atoms with E-state index < -0.39 is 15.8 Å². The summed E-state index contributed by atoms with van der Waals surface area (Å²) in [5, 5.41) is 3.85. The van der Waals surface area contributed by atoms with Gasteiger partial charge in [0.05, 0.1) is 16.1 Å². The number of aryl methyl sites for hydroxylation is 2. The average molecular weight is 379 g/mol. The van der Waals surface area contributed by atoms with Gasteiger partial charge in [0.2, 0.25) is 10.0 Å². The summed E-state index contributed by atoms with van der Waals surface area (Å²) in [7, 11) is -3.73. The molecule has 0 aliphatic carbocycles. The first-order chi connectivity index (χ1) is 12.2. The van der Waals surface area contributed by atoms with Gasteiger partial charge in [0.1, 0.15) is 5.76 Å². The largest absolute Gasteiger partial charge is 0.420 e. The number of nitrogens with one attached hydrogen (secondary N) is 1. The zero-order valence-corrected chi connectivity index (χ0v) is 15.9. The molecule has 0 aliphatic rings. The second kappa shape index (κ2) is 6.73. The van der Waals surface area contributed by atoms with Crippen molar-refractivity contribution in [3.05, 3.63) is 45.8 Å². The lowest BCUT2D eigenvalue weighted by molar-refractivity contribution is 0.392. The van der Waals surface area contributed by atoms with Gasteiger partial charge in [0, 0.05) is 24.2 Å². The van der Waals surface area contributed by atoms with Gasteiger partial charge in [-0.1, -0.05) is 5.16 Å². The van der Waals surface area contributed by atoms with Crippen LogP contribution in [-0.4, -0.2) is 24.7 Å². The topological polar surface area (TPSA) is 107 Å². The molecule has 0 atom stereocenters. The van der Waals surface area contributed by atoms with Crippen LogP contribution in [0.4, 0.5) is 0 Å². The van der Waals surface area contributed by atoms with Crippen molar-refractivity contribution in [2.75, 3.05) is 6.54 Å². The standard InChI is InChI=1S/C17H21N3O5S/c1-10(2)20-15-6-5-13(9-16(15)24-17(20)21)26(22,23)18-8-7-14-11(3)19-25-12(14)4/h5-6,9-10,18H,7-8H2,1-4H3. The number of oxazole rings is 1. The van der Waals surface area contributed by atoms with Crippen LogP contribution in [0.1, 0.15) is 36.9 Å². The fourth-order valence-corrected chi connectivity index (χ4v) is 3.97. The Bertz CT molecular complexity index is 1090. The molecular weight excluding hydrogens is 358 g/mol. The van der Waals surface area contributed by atoms with Crippen molar-refractivity contribution >= 4 is 21.1 Å². The molecule has 0 fully saturated rings. The quantitative estimate of drug-likeness (QED) is 0.704. The average Bonchev–Trinajstić information content (AvgIpc) is 3.06. The smallest absolute Gasteiger partial charge is 0.408 e. The first kappa shape index (κ1) is 18.4. The summed E-state index contributed by atoms with van der Waals surface area (Å²) in [6, 6.07) is 4.34. The molecule has 0 spiro atoms. The van der Waals surface area contributed by atoms with Crippen LogP contribution in [0.15, 0.2) is 36.8 Å². The second-order valence-corrected chi connectivity index (χ2v) is 8.18. The number of nitrogens with zero attached hydrogens (tertiary/aromatic N) is 2. The normalized spacial score (nSPS) is 12.3. The van der Waals surface area contributed by atoms with E-state index in [1.165, 1.54) is 16.7 Å². The first-order valence-corrected chi connectivity index (χ1v) is 9.75. The number of rotatable bonds is 6. The van der Waals surface area contributed by atoms with E-state index in [0.717, 1.165) is 11.3 Å². The fraction of sp³-hybridized carbons (Fsp3) is 0.412. The maximum atomic E-state index is 12.5. The van der Waals surface area contributed by atoms with Gasteiger partial charge >= 0.3 is 5.76 Å². The summed E-state index contributed by atoms with van der Waals surface area (Å²) < 4.78 is 39.3. The molecular formula is C17H21N3O5S. The highest BCUT2D eigenvalue weighted by molar-refractivity contribution is 7.89. The molecule has 26 heavy (non-hydrogen) atoms. The third kappa shape index (κ3) is 3.32. The van der Waals surface area contributed by atoms with Gasteiger partial charge in [0.25, 0.3) is 0 Å². The van der Waals surface area contributed by atoms with Gasteiger partial charge < -0.3 is 8.94 Å². The lowest BCUT2D eigenvalue weighted by Gasteiger charge is -2.08. The summed E-state index contributed by atoms with van der Waals surface area (Å²) in [4.78, 5) is 12.0. The summed E-state index contributed by atoms with van der Waals surface area (Å²) in [5.74, 6) is 0.177. The van der Waals surface area contributed by atoms with Crippen LogP contribution in [0.5, 0.6) is 0 Å². The predicted octanol–water partition coefficient (Wildman–Crippen LogP) is 2.30. The maximum absolute atomic E-state index is 12.5. The lowest BCUT2D eigenvalue weighted by atomic mass is 10.1. The third-order valence-corrected chi connectivity index (χ3v) is 5.72. The summed E-state index contributed by atoms with van der Waals surface area (Å²) >= 11 is 0. The molecule has 0 saturated heterocycles. The molecule has 0 unspecified atom stereocenters. The van der Waals surface area contributed by atoms with Crippen LogP contribution in [-0.2, 0) is 16.4 Å². The molecule has 1 N–H and O–H groups in total. The van der Waals surface area contributed by atoms with E-state index in [2.05, 4.69) is 9.88 Å². The zero-order valence-electron chi connectivity index (χ0n) is 15.1. The Labute approximate surface area is 150 Å². The molecule has 0 saturated carbocycles. The van der Waals surface area contributed by atoms with Gasteiger partial charge in [-0.25, -0.2) is 17.9 Å². The summed E-state index contributed by atoms with van der Waals surface area (Å²) in [6.07, 6.45) is 0.474. The molecule has 0 aliphatic heterocycles. The van der Waals surface area contributed by atoms with Crippen molar-refractivity contribution in [2.45, 2.75) is 45.1 Å². The summed E-state index contributed by atoms with van der Waals surface area (Å²) in [5.41, 5.74) is 2.46. The Kier molecular flexibility index (Phi) is 4.76. The van der Waals surface area contributed by atoms with Crippen molar-refractivity contribution in [2.24, 2.45) is 0 Å². The van der Waals surface area contributed by atoms with E-state index >= 15 is 0 Å². The number of sulfonamides is 1. The van der Waals surface area contributed by atoms with Crippen molar-refractivity contribution in [3.63, 3.8) is 0 Å². The number of hydrogen-bond donors (Lipinski definition) is 1. The molecule has 3 aromatic rings. The molecule has 0 radical (unpaired) electrons. The van der Waals surface area contributed by atoms with Crippen LogP contribution in [0.25, 0.3) is 11.1 Å². The molecule has 3 rings (SSSR count). The zero-order chi connectivity index (χ0) is 19.1. The van der Waals surface area contributed by atoms with Crippen LogP contribution >= 0.6 is 0 Å². The van der Waals surface area contributed by atoms with E-state index in [1.54, 1.807) is 13.0 Å². The summed E-state index contributed by atoms with van der Waals surface area (Å²) in [6.45, 7) is 7.53. The molecule has 140 valence electrons. The Morgan fingerprint density at radius 2 is 2.00 bits per heavy atom. The van der Waals surface area contributed by atoms with Gasteiger partial charge in [0.15, 0.2) is 5.58 Å². The molecule has 9 heteroatoms. The second-order valence-electron chi connectivity index (χ2n) is 6.41. The molecule has 8 nitrogen and oxygen atoms in total.